The fourth-order valence-corrected chi connectivity index (χ4v) is 4.26. The van der Waals surface area contributed by atoms with Crippen LogP contribution in [0.5, 0.6) is 23.0 Å². The van der Waals surface area contributed by atoms with E-state index in [9.17, 15) is 25.5 Å². The molecule has 0 spiro atoms. The number of aromatic amines is 1. The largest absolute Gasteiger partial charge is 0.507 e. The van der Waals surface area contributed by atoms with Crippen molar-refractivity contribution < 1.29 is 44.5 Å². The molecular weight excluding hydrogens is 460 g/mol. The monoisotopic (exact) mass is 486 g/mol. The number of aromatic nitrogens is 2. The first kappa shape index (κ1) is 23.4. The van der Waals surface area contributed by atoms with Gasteiger partial charge in [0.2, 0.25) is 6.29 Å². The topological polar surface area (TPSA) is 167 Å². The molecule has 2 aliphatic heterocycles. The van der Waals surface area contributed by atoms with Gasteiger partial charge < -0.3 is 44.5 Å². The minimum Gasteiger partial charge on any atom is -0.507 e. The van der Waals surface area contributed by atoms with Crippen LogP contribution in [0.1, 0.15) is 5.69 Å². The molecule has 0 saturated carbocycles. The maximum Gasteiger partial charge on any atom is 0.229 e. The van der Waals surface area contributed by atoms with Crippen LogP contribution >= 0.6 is 0 Å². The molecule has 11 nitrogen and oxygen atoms in total. The average Bonchev–Trinajstić information content (AvgIpc) is 3.25. The van der Waals surface area contributed by atoms with Crippen molar-refractivity contribution in [3.05, 3.63) is 42.1 Å². The Bertz CT molecular complexity index is 1210. The number of hydrogen-bond donors (Lipinski definition) is 6. The Morgan fingerprint density at radius 2 is 1.77 bits per heavy atom. The summed E-state index contributed by atoms with van der Waals surface area (Å²) >= 11 is 0. The van der Waals surface area contributed by atoms with Crippen molar-refractivity contribution in [2.45, 2.75) is 37.6 Å². The van der Waals surface area contributed by atoms with Crippen LogP contribution in [0.25, 0.3) is 22.4 Å². The van der Waals surface area contributed by atoms with Crippen LogP contribution in [0.2, 0.25) is 0 Å². The molecule has 3 heterocycles. The van der Waals surface area contributed by atoms with Crippen LogP contribution in [-0.2, 0) is 4.74 Å². The number of ether oxygens (including phenoxy) is 4. The summed E-state index contributed by atoms with van der Waals surface area (Å²) in [4.78, 5) is 0. The van der Waals surface area contributed by atoms with Gasteiger partial charge in [-0.3, -0.25) is 5.10 Å². The molecule has 2 aliphatic rings. The number of aliphatic hydroxyl groups is 4. The number of aliphatic hydroxyl groups excluding tert-OH is 4. The van der Waals surface area contributed by atoms with Crippen LogP contribution in [0.15, 0.2) is 36.4 Å². The number of phenolic OH excluding ortho intramolecular Hbond substituents is 1. The smallest absolute Gasteiger partial charge is 0.229 e. The predicted octanol–water partition coefficient (Wildman–Crippen LogP) is 0.708. The average molecular weight is 486 g/mol. The van der Waals surface area contributed by atoms with E-state index in [-0.39, 0.29) is 11.5 Å². The zero-order valence-electron chi connectivity index (χ0n) is 18.8. The van der Waals surface area contributed by atoms with Gasteiger partial charge in [0.25, 0.3) is 0 Å². The van der Waals surface area contributed by atoms with Crippen LogP contribution < -0.4 is 14.2 Å². The normalized spacial score (nSPS) is 25.9. The van der Waals surface area contributed by atoms with E-state index < -0.39 is 37.3 Å². The second-order valence-electron chi connectivity index (χ2n) is 8.42. The fourth-order valence-electron chi connectivity index (χ4n) is 4.26. The van der Waals surface area contributed by atoms with E-state index in [2.05, 4.69) is 10.2 Å². The van der Waals surface area contributed by atoms with Gasteiger partial charge in [-0.1, -0.05) is 6.07 Å². The number of H-pyrrole nitrogens is 1. The third-order valence-corrected chi connectivity index (χ3v) is 6.10. The second kappa shape index (κ2) is 9.36. The zero-order valence-corrected chi connectivity index (χ0v) is 18.8. The number of phenols is 1. The number of rotatable bonds is 5. The first-order valence-corrected chi connectivity index (χ1v) is 11.1. The van der Waals surface area contributed by atoms with E-state index in [1.807, 2.05) is 25.1 Å². The Balaban J connectivity index is 1.42. The highest BCUT2D eigenvalue weighted by atomic mass is 16.7. The number of aromatic hydroxyl groups is 1. The Kier molecular flexibility index (Phi) is 6.26. The summed E-state index contributed by atoms with van der Waals surface area (Å²) < 4.78 is 22.3. The van der Waals surface area contributed by atoms with Crippen LogP contribution in [0, 0.1) is 6.92 Å². The number of benzene rings is 2. The third kappa shape index (κ3) is 4.28. The first-order valence-electron chi connectivity index (χ1n) is 11.1. The van der Waals surface area contributed by atoms with Gasteiger partial charge in [-0.15, -0.1) is 0 Å². The molecule has 0 amide bonds. The highest BCUT2D eigenvalue weighted by Gasteiger charge is 2.44. The number of fused-ring (bicyclic) bond motifs is 1. The van der Waals surface area contributed by atoms with Crippen LogP contribution in [-0.4, -0.2) is 86.3 Å². The van der Waals surface area contributed by atoms with Gasteiger partial charge in [-0.25, -0.2) is 0 Å². The summed E-state index contributed by atoms with van der Waals surface area (Å²) in [6.45, 7) is 2.25. The van der Waals surface area contributed by atoms with Crippen LogP contribution in [0.4, 0.5) is 0 Å². The summed E-state index contributed by atoms with van der Waals surface area (Å²) in [6, 6.07) is 10.1. The molecular formula is C24H26N2O9. The lowest BCUT2D eigenvalue weighted by Crippen LogP contribution is -2.60. The first-order chi connectivity index (χ1) is 16.9. The maximum atomic E-state index is 10.8. The van der Waals surface area contributed by atoms with Gasteiger partial charge in [-0.2, -0.15) is 5.10 Å². The SMILES string of the molecule is Cc1[nH]nc(-c2ccc(OC3OC(CO)C(O)C(O)C3O)cc2O)c1-c1ccc2c(c1)OCCO2. The lowest BCUT2D eigenvalue weighted by molar-refractivity contribution is -0.277. The van der Waals surface area contributed by atoms with E-state index in [4.69, 9.17) is 18.9 Å². The fraction of sp³-hybridized carbons (Fsp3) is 0.375. The summed E-state index contributed by atoms with van der Waals surface area (Å²) in [7, 11) is 0. The molecule has 3 aromatic rings. The molecule has 5 rings (SSSR count). The van der Waals surface area contributed by atoms with Gasteiger partial charge in [0.15, 0.2) is 11.5 Å². The Morgan fingerprint density at radius 1 is 1.00 bits per heavy atom. The van der Waals surface area contributed by atoms with Crippen molar-refractivity contribution in [1.82, 2.24) is 10.2 Å². The van der Waals surface area contributed by atoms with E-state index in [1.54, 1.807) is 12.1 Å². The molecule has 0 radical (unpaired) electrons. The number of nitrogens with one attached hydrogen (secondary N) is 1. The van der Waals surface area contributed by atoms with Crippen molar-refractivity contribution in [3.8, 4) is 45.4 Å². The second-order valence-corrected chi connectivity index (χ2v) is 8.42. The molecule has 5 unspecified atom stereocenters. The third-order valence-electron chi connectivity index (χ3n) is 6.10. The van der Waals surface area contributed by atoms with Crippen molar-refractivity contribution in [2.75, 3.05) is 19.8 Å². The van der Waals surface area contributed by atoms with E-state index in [0.717, 1.165) is 16.8 Å². The highest BCUT2D eigenvalue weighted by Crippen LogP contribution is 2.42. The van der Waals surface area contributed by atoms with Gasteiger partial charge in [-0.05, 0) is 36.8 Å². The van der Waals surface area contributed by atoms with E-state index in [1.165, 1.54) is 6.07 Å². The number of aryl methyl sites for hydroxylation is 1. The lowest BCUT2D eigenvalue weighted by atomic mass is 9.98. The molecule has 5 atom stereocenters. The summed E-state index contributed by atoms with van der Waals surface area (Å²) in [5.41, 5.74) is 3.34. The van der Waals surface area contributed by atoms with E-state index >= 15 is 0 Å². The zero-order chi connectivity index (χ0) is 24.7. The summed E-state index contributed by atoms with van der Waals surface area (Å²) in [6.07, 6.45) is -7.10. The minimum absolute atomic E-state index is 0.141. The van der Waals surface area contributed by atoms with Crippen LogP contribution in [0.3, 0.4) is 0 Å². The van der Waals surface area contributed by atoms with Crippen molar-refractivity contribution >= 4 is 0 Å². The molecule has 186 valence electrons. The van der Waals surface area contributed by atoms with E-state index in [0.29, 0.717) is 36.0 Å². The minimum atomic E-state index is -1.57. The van der Waals surface area contributed by atoms with Gasteiger partial charge in [0, 0.05) is 22.9 Å². The molecule has 11 heteroatoms. The number of nitrogens with zero attached hydrogens (tertiary/aromatic N) is 1. The standard InChI is InChI=1S/C24H26N2O9/c1-11-19(12-2-5-16-17(8-12)33-7-6-32-16)20(26-25-11)14-4-3-13(9-15(14)28)34-24-23(31)22(30)21(29)18(10-27)35-24/h2-5,8-9,18,21-24,27-31H,6-7,10H2,1H3,(H,25,26). The summed E-state index contributed by atoms with van der Waals surface area (Å²) in [5, 5.41) is 57.6. The molecule has 35 heavy (non-hydrogen) atoms. The lowest BCUT2D eigenvalue weighted by Gasteiger charge is -2.39. The molecule has 0 aliphatic carbocycles. The maximum absolute atomic E-state index is 10.8. The molecule has 0 bridgehead atoms. The quantitative estimate of drug-likeness (QED) is 0.302. The molecule has 1 saturated heterocycles. The van der Waals surface area contributed by atoms with Crippen molar-refractivity contribution in [2.24, 2.45) is 0 Å². The molecule has 1 aromatic heterocycles. The molecule has 1 fully saturated rings. The van der Waals surface area contributed by atoms with Gasteiger partial charge >= 0.3 is 0 Å². The molecule has 2 aromatic carbocycles. The van der Waals surface area contributed by atoms with Gasteiger partial charge in [0.1, 0.15) is 54.8 Å². The number of hydrogen-bond acceptors (Lipinski definition) is 10. The highest BCUT2D eigenvalue weighted by molar-refractivity contribution is 5.86. The Morgan fingerprint density at radius 3 is 2.51 bits per heavy atom. The van der Waals surface area contributed by atoms with Crippen molar-refractivity contribution in [1.29, 1.82) is 0 Å². The van der Waals surface area contributed by atoms with Gasteiger partial charge in [0.05, 0.1) is 6.61 Å². The Hall–Kier alpha value is -3.35. The Labute approximate surface area is 200 Å². The molecule has 6 N–H and O–H groups in total. The predicted molar refractivity (Wildman–Crippen MR) is 121 cm³/mol. The summed E-state index contributed by atoms with van der Waals surface area (Å²) in [5.74, 6) is 1.30. The van der Waals surface area contributed by atoms with Crippen molar-refractivity contribution in [3.63, 3.8) is 0 Å².